The number of amides is 1. The minimum atomic E-state index is -0.551. The first kappa shape index (κ1) is 18.7. The van der Waals surface area contributed by atoms with Crippen LogP contribution in [0.15, 0.2) is 12.3 Å². The molecular formula is C17H24N4O4. The van der Waals surface area contributed by atoms with Gasteiger partial charge in [-0.3, -0.25) is 4.79 Å². The summed E-state index contributed by atoms with van der Waals surface area (Å²) in [6.07, 6.45) is 1.70. The molecule has 25 heavy (non-hydrogen) atoms. The average molecular weight is 348 g/mol. The molecule has 0 saturated heterocycles. The van der Waals surface area contributed by atoms with Gasteiger partial charge in [0.1, 0.15) is 12.3 Å². The molecule has 0 aliphatic heterocycles. The lowest BCUT2D eigenvalue weighted by Gasteiger charge is -2.09. The van der Waals surface area contributed by atoms with Gasteiger partial charge < -0.3 is 24.7 Å². The standard InChI is InChI=1S/C17H24N4O4/c1-10(2)7-18-11-6-12-14(20-13(22)9-24-4)15(17(23)25-5)21(3)16(12)19-8-11/h6,8,10,18H,7,9H2,1-5H3,(H,20,22). The number of ether oxygens (including phenoxy) is 2. The van der Waals surface area contributed by atoms with Gasteiger partial charge in [-0.15, -0.1) is 0 Å². The van der Waals surface area contributed by atoms with Crippen LogP contribution in [0.2, 0.25) is 0 Å². The summed E-state index contributed by atoms with van der Waals surface area (Å²) in [6.45, 7) is 4.88. The zero-order valence-electron chi connectivity index (χ0n) is 15.2. The number of fused-ring (bicyclic) bond motifs is 1. The molecule has 0 unspecified atom stereocenters. The molecule has 2 N–H and O–H groups in total. The van der Waals surface area contributed by atoms with Crippen molar-refractivity contribution in [2.75, 3.05) is 38.0 Å². The van der Waals surface area contributed by atoms with Gasteiger partial charge in [-0.25, -0.2) is 9.78 Å². The highest BCUT2D eigenvalue weighted by Crippen LogP contribution is 2.31. The molecule has 2 aromatic rings. The lowest BCUT2D eigenvalue weighted by Crippen LogP contribution is -2.19. The van der Waals surface area contributed by atoms with Crippen LogP contribution in [0, 0.1) is 5.92 Å². The number of hydrogen-bond acceptors (Lipinski definition) is 6. The Kier molecular flexibility index (Phi) is 5.97. The fourth-order valence-corrected chi connectivity index (χ4v) is 2.50. The number of anilines is 2. The van der Waals surface area contributed by atoms with Crippen LogP contribution in [-0.4, -0.2) is 48.8 Å². The number of carbonyl (C=O) groups excluding carboxylic acids is 2. The molecule has 8 nitrogen and oxygen atoms in total. The predicted molar refractivity (Wildman–Crippen MR) is 95.9 cm³/mol. The summed E-state index contributed by atoms with van der Waals surface area (Å²) in [7, 11) is 4.43. The molecule has 2 rings (SSSR count). The zero-order chi connectivity index (χ0) is 18.6. The van der Waals surface area contributed by atoms with Gasteiger partial charge in [0.2, 0.25) is 5.91 Å². The summed E-state index contributed by atoms with van der Waals surface area (Å²) >= 11 is 0. The first-order valence-corrected chi connectivity index (χ1v) is 7.98. The Morgan fingerprint density at radius 3 is 2.64 bits per heavy atom. The maximum absolute atomic E-state index is 12.2. The molecule has 0 saturated carbocycles. The van der Waals surface area contributed by atoms with Gasteiger partial charge in [0, 0.05) is 26.1 Å². The molecule has 136 valence electrons. The average Bonchev–Trinajstić information content (AvgIpc) is 2.84. The Bertz CT molecular complexity index is 783. The Labute approximate surface area is 146 Å². The number of aromatic nitrogens is 2. The highest BCUT2D eigenvalue weighted by Gasteiger charge is 2.24. The molecule has 2 heterocycles. The molecular weight excluding hydrogens is 324 g/mol. The number of nitrogens with zero attached hydrogens (tertiary/aromatic N) is 2. The number of carbonyl (C=O) groups is 2. The minimum Gasteiger partial charge on any atom is -0.464 e. The first-order valence-electron chi connectivity index (χ1n) is 7.98. The van der Waals surface area contributed by atoms with Crippen molar-refractivity contribution in [2.24, 2.45) is 13.0 Å². The van der Waals surface area contributed by atoms with E-state index in [0.717, 1.165) is 12.2 Å². The highest BCUT2D eigenvalue weighted by atomic mass is 16.5. The van der Waals surface area contributed by atoms with Gasteiger partial charge in [-0.05, 0) is 12.0 Å². The maximum Gasteiger partial charge on any atom is 0.356 e. The second-order valence-electron chi connectivity index (χ2n) is 6.13. The van der Waals surface area contributed by atoms with Crippen molar-refractivity contribution < 1.29 is 19.1 Å². The van der Waals surface area contributed by atoms with Crippen LogP contribution in [0.25, 0.3) is 11.0 Å². The Hall–Kier alpha value is -2.61. The van der Waals surface area contributed by atoms with E-state index >= 15 is 0 Å². The number of pyridine rings is 1. The van der Waals surface area contributed by atoms with E-state index in [1.807, 2.05) is 6.07 Å². The van der Waals surface area contributed by atoms with Crippen molar-refractivity contribution in [1.29, 1.82) is 0 Å². The molecule has 0 aliphatic rings. The third-order valence-electron chi connectivity index (χ3n) is 3.66. The summed E-state index contributed by atoms with van der Waals surface area (Å²) in [5, 5.41) is 6.67. The van der Waals surface area contributed by atoms with E-state index in [4.69, 9.17) is 9.47 Å². The van der Waals surface area contributed by atoms with Crippen LogP contribution in [-0.2, 0) is 21.3 Å². The summed E-state index contributed by atoms with van der Waals surface area (Å²) in [4.78, 5) is 28.6. The number of methoxy groups -OCH3 is 2. The fourth-order valence-electron chi connectivity index (χ4n) is 2.50. The lowest BCUT2D eigenvalue weighted by molar-refractivity contribution is -0.119. The summed E-state index contributed by atoms with van der Waals surface area (Å²) < 4.78 is 11.3. The van der Waals surface area contributed by atoms with Crippen LogP contribution in [0.3, 0.4) is 0 Å². The second kappa shape index (κ2) is 7.98. The normalized spacial score (nSPS) is 11.0. The van der Waals surface area contributed by atoms with E-state index in [0.29, 0.717) is 22.6 Å². The highest BCUT2D eigenvalue weighted by molar-refractivity contribution is 6.11. The van der Waals surface area contributed by atoms with Gasteiger partial charge in [-0.2, -0.15) is 0 Å². The molecule has 1 amide bonds. The smallest absolute Gasteiger partial charge is 0.356 e. The quantitative estimate of drug-likeness (QED) is 0.744. The molecule has 0 bridgehead atoms. The van der Waals surface area contributed by atoms with E-state index in [2.05, 4.69) is 29.5 Å². The molecule has 0 aliphatic carbocycles. The van der Waals surface area contributed by atoms with E-state index in [9.17, 15) is 9.59 Å². The van der Waals surface area contributed by atoms with Crippen LogP contribution < -0.4 is 10.6 Å². The van der Waals surface area contributed by atoms with E-state index < -0.39 is 5.97 Å². The third kappa shape index (κ3) is 4.08. The van der Waals surface area contributed by atoms with Crippen LogP contribution in [0.4, 0.5) is 11.4 Å². The Morgan fingerprint density at radius 1 is 1.32 bits per heavy atom. The predicted octanol–water partition coefficient (Wildman–Crippen LogP) is 2.01. The third-order valence-corrected chi connectivity index (χ3v) is 3.66. The Morgan fingerprint density at radius 2 is 2.04 bits per heavy atom. The fraction of sp³-hybridized carbons (Fsp3) is 0.471. The molecule has 0 aromatic carbocycles. The second-order valence-corrected chi connectivity index (χ2v) is 6.13. The van der Waals surface area contributed by atoms with Gasteiger partial charge in [0.25, 0.3) is 0 Å². The van der Waals surface area contributed by atoms with Crippen molar-refractivity contribution in [3.05, 3.63) is 18.0 Å². The summed E-state index contributed by atoms with van der Waals surface area (Å²) in [5.74, 6) is -0.441. The molecule has 2 aromatic heterocycles. The maximum atomic E-state index is 12.2. The summed E-state index contributed by atoms with van der Waals surface area (Å²) in [6, 6.07) is 1.86. The van der Waals surface area contributed by atoms with Crippen LogP contribution in [0.5, 0.6) is 0 Å². The topological polar surface area (TPSA) is 94.5 Å². The van der Waals surface area contributed by atoms with Crippen LogP contribution in [0.1, 0.15) is 24.3 Å². The van der Waals surface area contributed by atoms with E-state index in [1.165, 1.54) is 14.2 Å². The largest absolute Gasteiger partial charge is 0.464 e. The van der Waals surface area contributed by atoms with Gasteiger partial charge >= 0.3 is 5.97 Å². The number of aryl methyl sites for hydroxylation is 1. The van der Waals surface area contributed by atoms with Crippen molar-refractivity contribution in [3.8, 4) is 0 Å². The molecule has 0 spiro atoms. The first-order chi connectivity index (χ1) is 11.9. The summed E-state index contributed by atoms with van der Waals surface area (Å²) in [5.41, 5.74) is 1.98. The number of nitrogens with one attached hydrogen (secondary N) is 2. The van der Waals surface area contributed by atoms with Crippen molar-refractivity contribution in [2.45, 2.75) is 13.8 Å². The van der Waals surface area contributed by atoms with Gasteiger partial charge in [-0.1, -0.05) is 13.8 Å². The van der Waals surface area contributed by atoms with Crippen LogP contribution >= 0.6 is 0 Å². The van der Waals surface area contributed by atoms with E-state index in [-0.39, 0.29) is 18.2 Å². The van der Waals surface area contributed by atoms with E-state index in [1.54, 1.807) is 17.8 Å². The SMILES string of the molecule is COCC(=O)Nc1c(C(=O)OC)n(C)c2ncc(NCC(C)C)cc12. The Balaban J connectivity index is 2.54. The van der Waals surface area contributed by atoms with Crippen molar-refractivity contribution in [3.63, 3.8) is 0 Å². The lowest BCUT2D eigenvalue weighted by atomic mass is 10.2. The minimum absolute atomic E-state index is 0.115. The molecule has 0 radical (unpaired) electrons. The number of hydrogen-bond donors (Lipinski definition) is 2. The number of esters is 1. The molecule has 8 heteroatoms. The number of rotatable bonds is 7. The zero-order valence-corrected chi connectivity index (χ0v) is 15.2. The molecule has 0 fully saturated rings. The molecule has 0 atom stereocenters. The monoisotopic (exact) mass is 348 g/mol. The van der Waals surface area contributed by atoms with Gasteiger partial charge in [0.15, 0.2) is 5.69 Å². The van der Waals surface area contributed by atoms with Crippen molar-refractivity contribution >= 4 is 34.3 Å². The van der Waals surface area contributed by atoms with Crippen molar-refractivity contribution in [1.82, 2.24) is 9.55 Å². The van der Waals surface area contributed by atoms with Gasteiger partial charge in [0.05, 0.1) is 24.7 Å².